The maximum absolute atomic E-state index is 13.2. The van der Waals surface area contributed by atoms with Gasteiger partial charge in [0.05, 0.1) is 12.3 Å². The number of benzene rings is 2. The van der Waals surface area contributed by atoms with E-state index in [1.807, 2.05) is 13.0 Å². The monoisotopic (exact) mass is 470 g/mol. The van der Waals surface area contributed by atoms with Gasteiger partial charge in [-0.3, -0.25) is 15.3 Å². The van der Waals surface area contributed by atoms with E-state index in [2.05, 4.69) is 17.1 Å². The largest absolute Gasteiger partial charge is 0.494 e. The number of hydrogen-bond acceptors (Lipinski definition) is 7. The van der Waals surface area contributed by atoms with E-state index in [1.54, 1.807) is 48.5 Å². The Balaban J connectivity index is 1.69. The number of nitriles is 2. The first-order valence-electron chi connectivity index (χ1n) is 10.5. The summed E-state index contributed by atoms with van der Waals surface area (Å²) < 4.78 is 5.42. The van der Waals surface area contributed by atoms with Crippen molar-refractivity contribution >= 4 is 35.1 Å². The van der Waals surface area contributed by atoms with Crippen LogP contribution < -0.4 is 20.4 Å². The van der Waals surface area contributed by atoms with Crippen LogP contribution in [0.2, 0.25) is 0 Å². The van der Waals surface area contributed by atoms with Crippen molar-refractivity contribution in [2.45, 2.75) is 23.6 Å². The first-order chi connectivity index (χ1) is 16.5. The summed E-state index contributed by atoms with van der Waals surface area (Å²) in [6.07, 6.45) is -0.0317. The number of anilines is 2. The number of nitrogens with two attached hydrogens (primary N) is 1. The lowest BCUT2D eigenvalue weighted by atomic mass is 9.97. The van der Waals surface area contributed by atoms with Crippen LogP contribution in [0.1, 0.15) is 24.5 Å². The maximum Gasteiger partial charge on any atom is 0.289 e. The Hall–Kier alpha value is -4.34. The lowest BCUT2D eigenvalue weighted by Gasteiger charge is -2.16. The van der Waals surface area contributed by atoms with Gasteiger partial charge in [-0.1, -0.05) is 42.1 Å². The molecular weight excluding hydrogens is 450 g/mol. The number of aromatic nitrogens is 1. The second-order valence-electron chi connectivity index (χ2n) is 7.39. The molecule has 1 fully saturated rings. The zero-order valence-corrected chi connectivity index (χ0v) is 19.1. The number of aromatic amines is 1. The van der Waals surface area contributed by atoms with Crippen LogP contribution in [0.4, 0.5) is 11.5 Å². The summed E-state index contributed by atoms with van der Waals surface area (Å²) in [5, 5.41) is 19.2. The third kappa shape index (κ3) is 4.17. The number of carbonyl (C=O) groups excluding carboxylic acids is 2. The smallest absolute Gasteiger partial charge is 0.289 e. The van der Waals surface area contributed by atoms with Gasteiger partial charge in [0.1, 0.15) is 34.3 Å². The maximum atomic E-state index is 13.2. The fraction of sp³-hybridized carbons (Fsp3) is 0.160. The number of thioether (sulfide) groups is 1. The molecule has 2 aromatic carbocycles. The molecule has 0 saturated carbocycles. The molecule has 1 aromatic heterocycles. The van der Waals surface area contributed by atoms with Gasteiger partial charge in [0.25, 0.3) is 5.82 Å². The van der Waals surface area contributed by atoms with Gasteiger partial charge in [0.15, 0.2) is 5.03 Å². The lowest BCUT2D eigenvalue weighted by molar-refractivity contribution is -0.410. The van der Waals surface area contributed by atoms with Crippen molar-refractivity contribution in [1.29, 1.82) is 10.5 Å². The van der Waals surface area contributed by atoms with Crippen LogP contribution in [0.25, 0.3) is 11.1 Å². The fourth-order valence-electron chi connectivity index (χ4n) is 3.79. The van der Waals surface area contributed by atoms with Crippen LogP contribution in [0.3, 0.4) is 0 Å². The number of imide groups is 1. The van der Waals surface area contributed by atoms with Crippen LogP contribution in [0.5, 0.6) is 5.75 Å². The molecule has 8 nitrogen and oxygen atoms in total. The van der Waals surface area contributed by atoms with E-state index in [0.29, 0.717) is 34.2 Å². The minimum absolute atomic E-state index is 0.0317. The minimum Gasteiger partial charge on any atom is -0.494 e. The molecular formula is C25H20N5O3S+. The van der Waals surface area contributed by atoms with Gasteiger partial charge >= 0.3 is 0 Å². The van der Waals surface area contributed by atoms with Gasteiger partial charge in [-0.15, -0.1) is 0 Å². The summed E-state index contributed by atoms with van der Waals surface area (Å²) in [4.78, 5) is 29.9. The molecule has 3 N–H and O–H groups in total. The Kier molecular flexibility index (Phi) is 6.48. The Morgan fingerprint density at radius 3 is 2.38 bits per heavy atom. The Morgan fingerprint density at radius 1 is 1.09 bits per heavy atom. The summed E-state index contributed by atoms with van der Waals surface area (Å²) in [7, 11) is 0. The van der Waals surface area contributed by atoms with Crippen molar-refractivity contribution in [3.63, 3.8) is 0 Å². The van der Waals surface area contributed by atoms with E-state index in [9.17, 15) is 20.1 Å². The highest BCUT2D eigenvalue weighted by atomic mass is 32.2. The molecule has 1 atom stereocenters. The first kappa shape index (κ1) is 22.8. The van der Waals surface area contributed by atoms with Gasteiger partial charge in [-0.2, -0.15) is 10.5 Å². The number of hydrogen-bond donors (Lipinski definition) is 1. The summed E-state index contributed by atoms with van der Waals surface area (Å²) in [6, 6.07) is 19.9. The highest BCUT2D eigenvalue weighted by molar-refractivity contribution is 8.00. The van der Waals surface area contributed by atoms with Crippen LogP contribution in [-0.4, -0.2) is 23.7 Å². The van der Waals surface area contributed by atoms with Gasteiger partial charge in [-0.25, -0.2) is 9.88 Å². The van der Waals surface area contributed by atoms with Crippen LogP contribution in [0, 0.1) is 22.7 Å². The van der Waals surface area contributed by atoms with E-state index in [-0.39, 0.29) is 35.2 Å². The van der Waals surface area contributed by atoms with Crippen molar-refractivity contribution in [3.05, 3.63) is 65.7 Å². The van der Waals surface area contributed by atoms with E-state index in [4.69, 9.17) is 10.5 Å². The molecule has 0 unspecified atom stereocenters. The number of H-pyrrole nitrogens is 1. The Bertz CT molecular complexity index is 1340. The molecule has 0 radical (unpaired) electrons. The molecule has 9 heteroatoms. The van der Waals surface area contributed by atoms with E-state index >= 15 is 0 Å². The third-order valence-electron chi connectivity index (χ3n) is 5.30. The third-order valence-corrected chi connectivity index (χ3v) is 6.50. The molecule has 1 saturated heterocycles. The topological polar surface area (TPSA) is 134 Å². The van der Waals surface area contributed by atoms with Crippen LogP contribution >= 0.6 is 11.8 Å². The summed E-state index contributed by atoms with van der Waals surface area (Å²) in [5.41, 5.74) is 7.96. The van der Waals surface area contributed by atoms with Crippen molar-refractivity contribution in [2.24, 2.45) is 0 Å². The number of pyridine rings is 1. The SMILES string of the molecule is CCOc1ccc(N2C(=O)C[C@H](Sc3[nH+]c(N)c(C#N)c(-c4ccccc4)c3C#N)C2=O)cc1. The molecule has 4 rings (SSSR count). The molecule has 1 aliphatic rings. The number of carbonyl (C=O) groups is 2. The Morgan fingerprint density at radius 2 is 1.76 bits per heavy atom. The molecule has 3 aromatic rings. The standard InChI is InChI=1S/C25H19N5O3S/c1-2-33-17-10-8-16(9-11-17)30-21(31)12-20(25(30)32)34-24-19(14-27)22(15-6-4-3-5-7-15)18(13-26)23(28)29-24/h3-11,20H,2,12H2,1H3,(H2,28,29)/p+1/t20-/m0/s1. The van der Waals surface area contributed by atoms with Gasteiger partial charge in [-0.05, 0) is 36.8 Å². The zero-order valence-electron chi connectivity index (χ0n) is 18.2. The van der Waals surface area contributed by atoms with Gasteiger partial charge < -0.3 is 4.74 Å². The predicted octanol–water partition coefficient (Wildman–Crippen LogP) is 3.32. The predicted molar refractivity (Wildman–Crippen MR) is 127 cm³/mol. The molecule has 34 heavy (non-hydrogen) atoms. The number of nitrogen functional groups attached to an aromatic ring is 1. The second-order valence-corrected chi connectivity index (χ2v) is 8.60. The highest BCUT2D eigenvalue weighted by Gasteiger charge is 2.41. The van der Waals surface area contributed by atoms with E-state index in [0.717, 1.165) is 16.7 Å². The molecule has 0 bridgehead atoms. The lowest BCUT2D eigenvalue weighted by Crippen LogP contribution is -2.31. The van der Waals surface area contributed by atoms with Crippen molar-refractivity contribution in [3.8, 4) is 29.0 Å². The van der Waals surface area contributed by atoms with Gasteiger partial charge in [0, 0.05) is 12.0 Å². The van der Waals surface area contributed by atoms with Gasteiger partial charge in [0.2, 0.25) is 11.8 Å². The van der Waals surface area contributed by atoms with E-state index < -0.39 is 5.25 Å². The average Bonchev–Trinajstić information content (AvgIpc) is 3.12. The quantitative estimate of drug-likeness (QED) is 0.546. The van der Waals surface area contributed by atoms with Crippen molar-refractivity contribution in [1.82, 2.24) is 0 Å². The summed E-state index contributed by atoms with van der Waals surface area (Å²) in [5.74, 6) is 0.00438. The number of nitrogens with zero attached hydrogens (tertiary/aromatic N) is 3. The first-order valence-corrected chi connectivity index (χ1v) is 11.4. The average molecular weight is 471 g/mol. The molecule has 0 spiro atoms. The number of rotatable bonds is 6. The van der Waals surface area contributed by atoms with Crippen molar-refractivity contribution < 1.29 is 19.3 Å². The van der Waals surface area contributed by atoms with Crippen LogP contribution in [-0.2, 0) is 9.59 Å². The number of nitrogens with one attached hydrogen (secondary N) is 1. The number of amides is 2. The fourth-order valence-corrected chi connectivity index (χ4v) is 4.94. The molecule has 168 valence electrons. The molecule has 0 aliphatic carbocycles. The second kappa shape index (κ2) is 9.65. The minimum atomic E-state index is -0.752. The molecule has 1 aliphatic heterocycles. The van der Waals surface area contributed by atoms with E-state index in [1.165, 1.54) is 0 Å². The van der Waals surface area contributed by atoms with Crippen LogP contribution in [0.15, 0.2) is 59.6 Å². The zero-order chi connectivity index (χ0) is 24.2. The normalized spacial score (nSPS) is 15.1. The summed E-state index contributed by atoms with van der Waals surface area (Å²) >= 11 is 1.06. The summed E-state index contributed by atoms with van der Waals surface area (Å²) in [6.45, 7) is 2.38. The number of ether oxygens (including phenoxy) is 1. The molecule has 2 heterocycles. The van der Waals surface area contributed by atoms with Crippen molar-refractivity contribution in [2.75, 3.05) is 17.2 Å². The Labute approximate surface area is 200 Å². The highest BCUT2D eigenvalue weighted by Crippen LogP contribution is 2.38. The molecule has 2 amide bonds.